The first-order valence-corrected chi connectivity index (χ1v) is 7.40. The smallest absolute Gasteiger partial charge is 0.0206 e. The lowest BCUT2D eigenvalue weighted by molar-refractivity contribution is 0.342. The van der Waals surface area contributed by atoms with E-state index in [4.69, 9.17) is 0 Å². The number of benzene rings is 1. The summed E-state index contributed by atoms with van der Waals surface area (Å²) in [5.41, 5.74) is 1.37. The Morgan fingerprint density at radius 1 is 0.889 bits per heavy atom. The maximum Gasteiger partial charge on any atom is 0.0206 e. The Hall–Kier alpha value is -0.860. The molecule has 0 bridgehead atoms. The van der Waals surface area contributed by atoms with Gasteiger partial charge in [-0.15, -0.1) is 0 Å². The van der Waals surface area contributed by atoms with Gasteiger partial charge in [-0.3, -0.25) is 0 Å². The molecule has 1 aliphatic carbocycles. The molecule has 0 heterocycles. The van der Waals surface area contributed by atoms with Gasteiger partial charge in [-0.2, -0.15) is 0 Å². The largest absolute Gasteiger partial charge is 0.315 e. The van der Waals surface area contributed by atoms with Crippen molar-refractivity contribution >= 4 is 0 Å². The molecule has 1 aromatic rings. The molecule has 2 heteroatoms. The normalized spacial score (nSPS) is 16.9. The fourth-order valence-electron chi connectivity index (χ4n) is 2.70. The fourth-order valence-corrected chi connectivity index (χ4v) is 2.70. The van der Waals surface area contributed by atoms with Crippen molar-refractivity contribution in [2.24, 2.45) is 5.92 Å². The van der Waals surface area contributed by atoms with Crippen LogP contribution in [0.1, 0.15) is 37.7 Å². The molecular formula is C16H26N2. The molecule has 18 heavy (non-hydrogen) atoms. The Morgan fingerprint density at radius 2 is 1.61 bits per heavy atom. The van der Waals surface area contributed by atoms with Gasteiger partial charge >= 0.3 is 0 Å². The SMILES string of the molecule is c1ccc(CNCCNCC2CCCCC2)cc1. The van der Waals surface area contributed by atoms with Crippen LogP contribution in [0.3, 0.4) is 0 Å². The highest BCUT2D eigenvalue weighted by atomic mass is 14.9. The molecule has 0 spiro atoms. The molecule has 2 nitrogen and oxygen atoms in total. The maximum absolute atomic E-state index is 3.58. The van der Waals surface area contributed by atoms with Gasteiger partial charge in [0.25, 0.3) is 0 Å². The van der Waals surface area contributed by atoms with E-state index in [1.54, 1.807) is 0 Å². The highest BCUT2D eigenvalue weighted by Gasteiger charge is 2.11. The molecule has 1 saturated carbocycles. The van der Waals surface area contributed by atoms with E-state index in [0.29, 0.717) is 0 Å². The van der Waals surface area contributed by atoms with Gasteiger partial charge in [-0.05, 0) is 30.9 Å². The van der Waals surface area contributed by atoms with E-state index in [9.17, 15) is 0 Å². The molecule has 0 amide bonds. The standard InChI is InChI=1S/C16H26N2/c1-3-7-15(8-4-1)13-17-11-12-18-14-16-9-5-2-6-10-16/h1,3-4,7-8,16-18H,2,5-6,9-14H2. The third kappa shape index (κ3) is 5.19. The first-order chi connectivity index (χ1) is 8.95. The van der Waals surface area contributed by atoms with Gasteiger partial charge in [0, 0.05) is 19.6 Å². The van der Waals surface area contributed by atoms with E-state index >= 15 is 0 Å². The van der Waals surface area contributed by atoms with Crippen LogP contribution in [0.2, 0.25) is 0 Å². The van der Waals surface area contributed by atoms with Crippen LogP contribution >= 0.6 is 0 Å². The van der Waals surface area contributed by atoms with Crippen molar-refractivity contribution in [2.75, 3.05) is 19.6 Å². The zero-order valence-electron chi connectivity index (χ0n) is 11.3. The molecule has 100 valence electrons. The highest BCUT2D eigenvalue weighted by molar-refractivity contribution is 5.14. The average molecular weight is 246 g/mol. The first-order valence-electron chi connectivity index (χ1n) is 7.40. The fraction of sp³-hybridized carbons (Fsp3) is 0.625. The van der Waals surface area contributed by atoms with Gasteiger partial charge in [-0.1, -0.05) is 49.6 Å². The van der Waals surface area contributed by atoms with E-state index in [0.717, 1.165) is 25.6 Å². The average Bonchev–Trinajstić information content (AvgIpc) is 2.45. The minimum atomic E-state index is 0.938. The van der Waals surface area contributed by atoms with E-state index in [-0.39, 0.29) is 0 Å². The summed E-state index contributed by atoms with van der Waals surface area (Å²) < 4.78 is 0. The van der Waals surface area contributed by atoms with Crippen molar-refractivity contribution in [1.82, 2.24) is 10.6 Å². The molecule has 2 rings (SSSR count). The van der Waals surface area contributed by atoms with E-state index in [1.165, 1.54) is 44.2 Å². The van der Waals surface area contributed by atoms with Crippen molar-refractivity contribution in [3.05, 3.63) is 35.9 Å². The molecule has 1 aliphatic rings. The topological polar surface area (TPSA) is 24.1 Å². The predicted molar refractivity (Wildman–Crippen MR) is 77.6 cm³/mol. The Kier molecular flexibility index (Phi) is 6.24. The number of hydrogen-bond donors (Lipinski definition) is 2. The lowest BCUT2D eigenvalue weighted by Gasteiger charge is -2.21. The third-order valence-corrected chi connectivity index (χ3v) is 3.81. The van der Waals surface area contributed by atoms with Crippen LogP contribution in [0.5, 0.6) is 0 Å². The minimum Gasteiger partial charge on any atom is -0.315 e. The lowest BCUT2D eigenvalue weighted by atomic mass is 9.89. The number of nitrogens with one attached hydrogen (secondary N) is 2. The quantitative estimate of drug-likeness (QED) is 0.723. The van der Waals surface area contributed by atoms with Gasteiger partial charge in [0.05, 0.1) is 0 Å². The Morgan fingerprint density at radius 3 is 2.39 bits per heavy atom. The zero-order chi connectivity index (χ0) is 12.5. The van der Waals surface area contributed by atoms with Crippen LogP contribution in [0.4, 0.5) is 0 Å². The molecule has 1 fully saturated rings. The molecular weight excluding hydrogens is 220 g/mol. The van der Waals surface area contributed by atoms with E-state index < -0.39 is 0 Å². The second-order valence-corrected chi connectivity index (χ2v) is 5.37. The summed E-state index contributed by atoms with van der Waals surface area (Å²) in [4.78, 5) is 0. The third-order valence-electron chi connectivity index (χ3n) is 3.81. The van der Waals surface area contributed by atoms with Crippen molar-refractivity contribution in [1.29, 1.82) is 0 Å². The van der Waals surface area contributed by atoms with Gasteiger partial charge < -0.3 is 10.6 Å². The van der Waals surface area contributed by atoms with Crippen molar-refractivity contribution < 1.29 is 0 Å². The van der Waals surface area contributed by atoms with Crippen molar-refractivity contribution in [3.63, 3.8) is 0 Å². The van der Waals surface area contributed by atoms with Crippen molar-refractivity contribution in [3.8, 4) is 0 Å². The summed E-state index contributed by atoms with van der Waals surface area (Å²) in [7, 11) is 0. The molecule has 0 aromatic heterocycles. The monoisotopic (exact) mass is 246 g/mol. The van der Waals surface area contributed by atoms with Gasteiger partial charge in [0.2, 0.25) is 0 Å². The molecule has 0 radical (unpaired) electrons. The van der Waals surface area contributed by atoms with Crippen LogP contribution in [-0.2, 0) is 6.54 Å². The summed E-state index contributed by atoms with van der Waals surface area (Å²) in [5.74, 6) is 0.938. The Labute approximate surface area is 111 Å². The lowest BCUT2D eigenvalue weighted by Crippen LogP contribution is -2.31. The number of hydrogen-bond acceptors (Lipinski definition) is 2. The van der Waals surface area contributed by atoms with Gasteiger partial charge in [0.15, 0.2) is 0 Å². The molecule has 0 saturated heterocycles. The highest BCUT2D eigenvalue weighted by Crippen LogP contribution is 2.22. The number of rotatable bonds is 7. The second kappa shape index (κ2) is 8.28. The minimum absolute atomic E-state index is 0.938. The summed E-state index contributed by atoms with van der Waals surface area (Å²) in [5, 5.41) is 7.06. The van der Waals surface area contributed by atoms with Crippen LogP contribution in [0.25, 0.3) is 0 Å². The summed E-state index contributed by atoms with van der Waals surface area (Å²) in [6, 6.07) is 10.6. The Bertz CT molecular complexity index is 304. The van der Waals surface area contributed by atoms with Crippen LogP contribution in [0.15, 0.2) is 30.3 Å². The molecule has 1 aromatic carbocycles. The Balaban J connectivity index is 1.46. The first kappa shape index (κ1) is 13.6. The molecule has 0 unspecified atom stereocenters. The van der Waals surface area contributed by atoms with E-state index in [2.05, 4.69) is 41.0 Å². The molecule has 2 N–H and O–H groups in total. The van der Waals surface area contributed by atoms with Crippen molar-refractivity contribution in [2.45, 2.75) is 38.6 Å². The molecule has 0 atom stereocenters. The van der Waals surface area contributed by atoms with Crippen LogP contribution < -0.4 is 10.6 Å². The summed E-state index contributed by atoms with van der Waals surface area (Å²) >= 11 is 0. The summed E-state index contributed by atoms with van der Waals surface area (Å²) in [6.07, 6.45) is 7.21. The predicted octanol–water partition coefficient (Wildman–Crippen LogP) is 2.95. The van der Waals surface area contributed by atoms with Crippen LogP contribution in [0, 0.1) is 5.92 Å². The zero-order valence-corrected chi connectivity index (χ0v) is 11.3. The summed E-state index contributed by atoms with van der Waals surface area (Å²) in [6.45, 7) is 4.34. The van der Waals surface area contributed by atoms with Gasteiger partial charge in [-0.25, -0.2) is 0 Å². The molecule has 0 aliphatic heterocycles. The second-order valence-electron chi connectivity index (χ2n) is 5.37. The van der Waals surface area contributed by atoms with Crippen LogP contribution in [-0.4, -0.2) is 19.6 Å². The maximum atomic E-state index is 3.58. The van der Waals surface area contributed by atoms with Gasteiger partial charge in [0.1, 0.15) is 0 Å². The van der Waals surface area contributed by atoms with E-state index in [1.807, 2.05) is 0 Å².